The Morgan fingerprint density at radius 3 is 2.42 bits per heavy atom. The summed E-state index contributed by atoms with van der Waals surface area (Å²) in [5, 5.41) is 12.4. The third kappa shape index (κ3) is 3.24. The second-order valence-electron chi connectivity index (χ2n) is 6.65. The van der Waals surface area contributed by atoms with Crippen LogP contribution in [0.15, 0.2) is 48.5 Å². The number of hydrogen-bond donors (Lipinski definition) is 1. The molecule has 0 fully saturated rings. The van der Waals surface area contributed by atoms with E-state index < -0.39 is 5.72 Å². The summed E-state index contributed by atoms with van der Waals surface area (Å²) in [5.41, 5.74) is 0.728. The molecule has 1 unspecified atom stereocenters. The van der Waals surface area contributed by atoms with Gasteiger partial charge in [-0.2, -0.15) is 4.90 Å². The predicted molar refractivity (Wildman–Crippen MR) is 99.7 cm³/mol. The molecule has 4 rings (SSSR count). The van der Waals surface area contributed by atoms with Crippen molar-refractivity contribution in [3.63, 3.8) is 0 Å². The fraction of sp³-hybridized carbons (Fsp3) is 0.350. The van der Waals surface area contributed by atoms with Crippen molar-refractivity contribution >= 4 is 23.1 Å². The molecule has 2 aromatic carbocycles. The molecule has 1 atom stereocenters. The van der Waals surface area contributed by atoms with E-state index in [-0.39, 0.29) is 17.0 Å². The molecule has 138 valence electrons. The number of aliphatic hydroxyl groups is 1. The Balaban J connectivity index is 0.00000196. The highest BCUT2D eigenvalue weighted by Gasteiger charge is 2.54. The number of anilines is 1. The molecule has 0 bridgehead atoms. The van der Waals surface area contributed by atoms with Gasteiger partial charge in [0.2, 0.25) is 0 Å². The maximum absolute atomic E-state index is 11.7. The summed E-state index contributed by atoms with van der Waals surface area (Å²) in [6.07, 6.45) is 3.29. The summed E-state index contributed by atoms with van der Waals surface area (Å²) in [6, 6.07) is 15.4. The molecule has 0 aliphatic carbocycles. The van der Waals surface area contributed by atoms with Crippen molar-refractivity contribution in [3.05, 3.63) is 59.1 Å². The number of hydrogen-bond acceptors (Lipinski definition) is 3. The highest BCUT2D eigenvalue weighted by atomic mass is 79.9. The molecule has 6 heteroatoms. The van der Waals surface area contributed by atoms with Gasteiger partial charge in [-0.3, -0.25) is 4.58 Å². The zero-order valence-electron chi connectivity index (χ0n) is 14.7. The molecule has 0 saturated heterocycles. The first-order valence-electron chi connectivity index (χ1n) is 8.65. The monoisotopic (exact) mass is 436 g/mol. The molecule has 2 aliphatic rings. The van der Waals surface area contributed by atoms with Crippen LogP contribution >= 0.6 is 11.6 Å². The van der Waals surface area contributed by atoms with Crippen LogP contribution in [0, 0.1) is 0 Å². The quantitative estimate of drug-likeness (QED) is 0.715. The van der Waals surface area contributed by atoms with E-state index >= 15 is 0 Å². The minimum absolute atomic E-state index is 0. The number of amidine groups is 1. The van der Waals surface area contributed by atoms with Crippen LogP contribution in [-0.4, -0.2) is 35.7 Å². The van der Waals surface area contributed by atoms with E-state index in [2.05, 4.69) is 9.48 Å². The number of halogens is 2. The van der Waals surface area contributed by atoms with Gasteiger partial charge in [0.05, 0.1) is 13.7 Å². The summed E-state index contributed by atoms with van der Waals surface area (Å²) >= 11 is 6.05. The van der Waals surface area contributed by atoms with Gasteiger partial charge in [0, 0.05) is 17.0 Å². The first-order valence-corrected chi connectivity index (χ1v) is 9.03. The van der Waals surface area contributed by atoms with Crippen LogP contribution in [0.5, 0.6) is 5.75 Å². The third-order valence-electron chi connectivity index (χ3n) is 5.12. The minimum Gasteiger partial charge on any atom is -1.00 e. The first-order chi connectivity index (χ1) is 12.1. The minimum atomic E-state index is -1.10. The maximum Gasteiger partial charge on any atom is 0.275 e. The molecule has 2 heterocycles. The lowest BCUT2D eigenvalue weighted by Gasteiger charge is -2.29. The van der Waals surface area contributed by atoms with Crippen molar-refractivity contribution < 1.29 is 31.4 Å². The van der Waals surface area contributed by atoms with E-state index in [0.717, 1.165) is 42.8 Å². The first kappa shape index (κ1) is 19.2. The summed E-state index contributed by atoms with van der Waals surface area (Å²) in [6.45, 7) is 1.55. The van der Waals surface area contributed by atoms with E-state index in [4.69, 9.17) is 16.3 Å². The Bertz CT molecular complexity index is 808. The third-order valence-corrected chi connectivity index (χ3v) is 5.37. The van der Waals surface area contributed by atoms with Crippen molar-refractivity contribution in [1.82, 2.24) is 0 Å². The molecule has 2 aromatic rings. The summed E-state index contributed by atoms with van der Waals surface area (Å²) in [7, 11) is 1.66. The van der Waals surface area contributed by atoms with Gasteiger partial charge in [0.15, 0.2) is 6.54 Å². The lowest BCUT2D eigenvalue weighted by atomic mass is 10.0. The number of rotatable bonds is 3. The van der Waals surface area contributed by atoms with Crippen LogP contribution in [-0.2, 0) is 5.72 Å². The second kappa shape index (κ2) is 7.59. The zero-order chi connectivity index (χ0) is 17.4. The molecular weight excluding hydrogens is 416 g/mol. The van der Waals surface area contributed by atoms with Crippen molar-refractivity contribution in [2.45, 2.75) is 25.0 Å². The molecule has 26 heavy (non-hydrogen) atoms. The van der Waals surface area contributed by atoms with E-state index in [1.807, 2.05) is 48.5 Å². The largest absolute Gasteiger partial charge is 1.00 e. The number of benzene rings is 2. The molecule has 0 spiro atoms. The van der Waals surface area contributed by atoms with Gasteiger partial charge in [-0.05, 0) is 49.2 Å². The molecule has 0 saturated carbocycles. The average Bonchev–Trinajstić information content (AvgIpc) is 2.95. The second-order valence-corrected chi connectivity index (χ2v) is 7.09. The number of methoxy groups -OCH3 is 1. The van der Waals surface area contributed by atoms with E-state index in [0.29, 0.717) is 11.6 Å². The normalized spacial score (nSPS) is 22.0. The van der Waals surface area contributed by atoms with E-state index in [1.165, 1.54) is 5.84 Å². The van der Waals surface area contributed by atoms with Crippen LogP contribution in [0.25, 0.3) is 0 Å². The van der Waals surface area contributed by atoms with Crippen molar-refractivity contribution in [1.29, 1.82) is 0 Å². The summed E-state index contributed by atoms with van der Waals surface area (Å²) < 4.78 is 7.58. The van der Waals surface area contributed by atoms with Crippen molar-refractivity contribution in [2.75, 3.05) is 25.1 Å². The van der Waals surface area contributed by atoms with Gasteiger partial charge in [-0.25, -0.2) is 0 Å². The molecule has 4 nitrogen and oxygen atoms in total. The van der Waals surface area contributed by atoms with Crippen LogP contribution < -0.4 is 26.6 Å². The Morgan fingerprint density at radius 1 is 1.08 bits per heavy atom. The predicted octanol–water partition coefficient (Wildman–Crippen LogP) is 0.613. The molecule has 2 aliphatic heterocycles. The average molecular weight is 438 g/mol. The lowest BCUT2D eigenvalue weighted by molar-refractivity contribution is -0.538. The Labute approximate surface area is 169 Å². The summed E-state index contributed by atoms with van der Waals surface area (Å²) in [4.78, 5) is 2.08. The van der Waals surface area contributed by atoms with Gasteiger partial charge in [0.25, 0.3) is 11.6 Å². The van der Waals surface area contributed by atoms with Gasteiger partial charge in [0.1, 0.15) is 11.4 Å². The molecule has 1 N–H and O–H groups in total. The number of ether oxygens (including phenoxy) is 1. The topological polar surface area (TPSA) is 35.7 Å². The highest BCUT2D eigenvalue weighted by molar-refractivity contribution is 6.30. The van der Waals surface area contributed by atoms with Gasteiger partial charge in [-0.1, -0.05) is 23.7 Å². The van der Waals surface area contributed by atoms with E-state index in [9.17, 15) is 5.11 Å². The van der Waals surface area contributed by atoms with Crippen LogP contribution in [0.3, 0.4) is 0 Å². The fourth-order valence-corrected chi connectivity index (χ4v) is 4.00. The van der Waals surface area contributed by atoms with E-state index in [1.54, 1.807) is 7.11 Å². The molecule has 0 aromatic heterocycles. The molecule has 0 radical (unpaired) electrons. The lowest BCUT2D eigenvalue weighted by Crippen LogP contribution is -3.00. The fourth-order valence-electron chi connectivity index (χ4n) is 3.88. The van der Waals surface area contributed by atoms with Crippen LogP contribution in [0.4, 0.5) is 5.69 Å². The molecule has 0 amide bonds. The Kier molecular flexibility index (Phi) is 5.61. The summed E-state index contributed by atoms with van der Waals surface area (Å²) in [5.74, 6) is 2.00. The number of nitrogens with zero attached hydrogens (tertiary/aromatic N) is 2. The van der Waals surface area contributed by atoms with Gasteiger partial charge >= 0.3 is 0 Å². The maximum atomic E-state index is 11.7. The Morgan fingerprint density at radius 2 is 1.77 bits per heavy atom. The molecular formula is C20H22BrClN2O2. The van der Waals surface area contributed by atoms with Gasteiger partial charge in [-0.15, -0.1) is 0 Å². The zero-order valence-corrected chi connectivity index (χ0v) is 17.0. The van der Waals surface area contributed by atoms with Gasteiger partial charge < -0.3 is 26.8 Å². The van der Waals surface area contributed by atoms with Crippen molar-refractivity contribution in [2.24, 2.45) is 0 Å². The van der Waals surface area contributed by atoms with Crippen LogP contribution in [0.1, 0.15) is 24.8 Å². The standard InChI is InChI=1S/C20H22ClN2O2.BrH/c1-25-18-11-9-17(10-12-18)23-19-4-2-3-13-22(19)14-20(23,24)15-5-7-16(21)8-6-15;/h5-12,24H,2-4,13-14H2,1H3;1H/q+1;/p-1. The Hall–Kier alpha value is -1.56. The smallest absolute Gasteiger partial charge is 0.275 e. The highest BCUT2D eigenvalue weighted by Crippen LogP contribution is 2.38. The van der Waals surface area contributed by atoms with Crippen LogP contribution in [0.2, 0.25) is 5.02 Å². The van der Waals surface area contributed by atoms with Crippen molar-refractivity contribution in [3.8, 4) is 5.75 Å². The SMILES string of the molecule is COc1ccc(N2C3=[N+](CCCC3)CC2(O)c2ccc(Cl)cc2)cc1.[Br-].